The van der Waals surface area contributed by atoms with E-state index in [1.54, 1.807) is 12.3 Å². The molecule has 0 spiro atoms. The highest BCUT2D eigenvalue weighted by Gasteiger charge is 2.18. The minimum Gasteiger partial charge on any atom is -0.382 e. The number of sulfone groups is 1. The van der Waals surface area contributed by atoms with Crippen LogP contribution in [-0.2, 0) is 22.8 Å². The maximum Gasteiger partial charge on any atom is 0.246 e. The third-order valence-electron chi connectivity index (χ3n) is 4.68. The quantitative estimate of drug-likeness (QED) is 0.432. The van der Waals surface area contributed by atoms with E-state index in [4.69, 9.17) is 10.7 Å². The normalized spacial score (nSPS) is 11.9. The summed E-state index contributed by atoms with van der Waals surface area (Å²) in [5, 5.41) is -0.110. The second-order valence-electron chi connectivity index (χ2n) is 6.86. The smallest absolute Gasteiger partial charge is 0.246 e. The molecule has 0 saturated carbocycles. The number of hydrogen-bond donors (Lipinski definition) is 1. The molecule has 0 aliphatic rings. The van der Waals surface area contributed by atoms with Crippen LogP contribution in [-0.4, -0.2) is 38.7 Å². The molecule has 3 aromatic heterocycles. The topological polar surface area (TPSA) is 117 Å². The summed E-state index contributed by atoms with van der Waals surface area (Å²) in [6, 6.07) is 1.60. The number of hydrogen-bond acceptors (Lipinski definition) is 7. The average molecular weight is 403 g/mol. The highest BCUT2D eigenvalue weighted by molar-refractivity contribution is 7.91. The summed E-state index contributed by atoms with van der Waals surface area (Å²) in [4.78, 5) is 16.6. The summed E-state index contributed by atoms with van der Waals surface area (Å²) < 4.78 is 26.9. The molecule has 0 aromatic carbocycles. The molecular formula is C19H26N6O2S. The van der Waals surface area contributed by atoms with Crippen LogP contribution in [0, 0.1) is 6.92 Å². The second kappa shape index (κ2) is 8.64. The van der Waals surface area contributed by atoms with Gasteiger partial charge < -0.3 is 10.3 Å². The van der Waals surface area contributed by atoms with Crippen molar-refractivity contribution in [2.75, 3.05) is 11.5 Å². The Labute approximate surface area is 165 Å². The van der Waals surface area contributed by atoms with E-state index in [0.29, 0.717) is 25.2 Å². The molecule has 3 aromatic rings. The predicted octanol–water partition coefficient (Wildman–Crippen LogP) is 2.71. The molecule has 150 valence electrons. The zero-order valence-electron chi connectivity index (χ0n) is 16.3. The highest BCUT2D eigenvalue weighted by atomic mass is 32.2. The Morgan fingerprint density at radius 3 is 2.57 bits per heavy atom. The van der Waals surface area contributed by atoms with Gasteiger partial charge in [0.25, 0.3) is 0 Å². The molecular weight excluding hydrogens is 376 g/mol. The van der Waals surface area contributed by atoms with Gasteiger partial charge in [-0.05, 0) is 37.8 Å². The van der Waals surface area contributed by atoms with Gasteiger partial charge >= 0.3 is 0 Å². The van der Waals surface area contributed by atoms with Crippen molar-refractivity contribution in [3.63, 3.8) is 0 Å². The number of pyridine rings is 1. The summed E-state index contributed by atoms with van der Waals surface area (Å²) >= 11 is 0. The fourth-order valence-corrected chi connectivity index (χ4v) is 4.44. The van der Waals surface area contributed by atoms with E-state index in [-0.39, 0.29) is 10.9 Å². The van der Waals surface area contributed by atoms with E-state index in [9.17, 15) is 8.42 Å². The standard InChI is InChI=1S/C19H26N6O2S/c1-3-4-8-15-24-16-17(14(2)13-23-18(16)20)25(15)11-5-6-12-28(26,27)19-21-9-7-10-22-19/h7,9-10,13H,3-6,8,11-12H2,1-2H3,(H2,20,23). The molecule has 28 heavy (non-hydrogen) atoms. The number of fused-ring (bicyclic) bond motifs is 1. The van der Waals surface area contributed by atoms with Gasteiger partial charge in [0.15, 0.2) is 5.82 Å². The molecule has 0 fully saturated rings. The fourth-order valence-electron chi connectivity index (χ4n) is 3.23. The summed E-state index contributed by atoms with van der Waals surface area (Å²) in [6.07, 6.45) is 8.85. The van der Waals surface area contributed by atoms with E-state index in [2.05, 4.69) is 26.4 Å². The molecule has 3 rings (SSSR count). The molecule has 0 radical (unpaired) electrons. The number of nitrogens with two attached hydrogens (primary N) is 1. The summed E-state index contributed by atoms with van der Waals surface area (Å²) in [6.45, 7) is 4.82. The number of aryl methyl sites for hydroxylation is 3. The van der Waals surface area contributed by atoms with Gasteiger partial charge in [0.2, 0.25) is 15.0 Å². The Balaban J connectivity index is 1.75. The first-order chi connectivity index (χ1) is 13.4. The maximum absolute atomic E-state index is 12.3. The van der Waals surface area contributed by atoms with Crippen LogP contribution in [0.15, 0.2) is 29.8 Å². The van der Waals surface area contributed by atoms with Crippen molar-refractivity contribution in [3.8, 4) is 0 Å². The molecule has 0 aliphatic heterocycles. The van der Waals surface area contributed by atoms with Gasteiger partial charge in [0.05, 0.1) is 11.3 Å². The van der Waals surface area contributed by atoms with Crippen molar-refractivity contribution in [2.45, 2.75) is 57.7 Å². The average Bonchev–Trinajstić information content (AvgIpc) is 3.07. The van der Waals surface area contributed by atoms with Crippen molar-refractivity contribution < 1.29 is 8.42 Å². The van der Waals surface area contributed by atoms with Crippen molar-refractivity contribution in [1.29, 1.82) is 0 Å². The van der Waals surface area contributed by atoms with Crippen molar-refractivity contribution in [1.82, 2.24) is 24.5 Å². The van der Waals surface area contributed by atoms with Gasteiger partial charge in [0, 0.05) is 31.6 Å². The third-order valence-corrected chi connectivity index (χ3v) is 6.27. The zero-order valence-corrected chi connectivity index (χ0v) is 17.1. The van der Waals surface area contributed by atoms with E-state index in [1.807, 2.05) is 6.92 Å². The van der Waals surface area contributed by atoms with Gasteiger partial charge in [-0.3, -0.25) is 0 Å². The Hall–Kier alpha value is -2.55. The fraction of sp³-hybridized carbons (Fsp3) is 0.474. The number of unbranched alkanes of at least 4 members (excludes halogenated alkanes) is 2. The van der Waals surface area contributed by atoms with Crippen LogP contribution >= 0.6 is 0 Å². The maximum atomic E-state index is 12.3. The van der Waals surface area contributed by atoms with Crippen LogP contribution in [0.2, 0.25) is 0 Å². The minimum atomic E-state index is -3.46. The minimum absolute atomic E-state index is 0.0244. The lowest BCUT2D eigenvalue weighted by atomic mass is 10.2. The lowest BCUT2D eigenvalue weighted by Gasteiger charge is -2.10. The Morgan fingerprint density at radius 2 is 1.86 bits per heavy atom. The molecule has 8 nitrogen and oxygen atoms in total. The molecule has 9 heteroatoms. The number of nitrogen functional groups attached to an aromatic ring is 1. The lowest BCUT2D eigenvalue weighted by molar-refractivity contribution is 0.571. The molecule has 0 amide bonds. The van der Waals surface area contributed by atoms with E-state index < -0.39 is 9.84 Å². The first-order valence-corrected chi connectivity index (χ1v) is 11.2. The third kappa shape index (κ3) is 4.30. The van der Waals surface area contributed by atoms with Crippen LogP contribution in [0.3, 0.4) is 0 Å². The Kier molecular flexibility index (Phi) is 6.23. The summed E-state index contributed by atoms with van der Waals surface area (Å²) in [5.41, 5.74) is 8.78. The number of imidazole rings is 1. The van der Waals surface area contributed by atoms with Crippen LogP contribution in [0.25, 0.3) is 11.0 Å². The number of nitrogens with zero attached hydrogens (tertiary/aromatic N) is 5. The van der Waals surface area contributed by atoms with Gasteiger partial charge in [0.1, 0.15) is 11.3 Å². The Bertz CT molecular complexity index is 1050. The van der Waals surface area contributed by atoms with Crippen LogP contribution in [0.1, 0.15) is 44.0 Å². The van der Waals surface area contributed by atoms with Gasteiger partial charge in [-0.25, -0.2) is 28.4 Å². The molecule has 0 atom stereocenters. The van der Waals surface area contributed by atoms with Gasteiger partial charge in [-0.15, -0.1) is 0 Å². The monoisotopic (exact) mass is 402 g/mol. The van der Waals surface area contributed by atoms with Gasteiger partial charge in [-0.2, -0.15) is 0 Å². The summed E-state index contributed by atoms with van der Waals surface area (Å²) in [5.74, 6) is 1.44. The second-order valence-corrected chi connectivity index (χ2v) is 8.87. The zero-order chi connectivity index (χ0) is 20.1. The first kappa shape index (κ1) is 20.2. The Morgan fingerprint density at radius 1 is 1.11 bits per heavy atom. The summed E-state index contributed by atoms with van der Waals surface area (Å²) in [7, 11) is -3.46. The van der Waals surface area contributed by atoms with Crippen molar-refractivity contribution in [3.05, 3.63) is 36.0 Å². The number of aromatic nitrogens is 5. The molecule has 0 saturated heterocycles. The van der Waals surface area contributed by atoms with E-state index in [0.717, 1.165) is 41.7 Å². The van der Waals surface area contributed by atoms with Crippen molar-refractivity contribution in [2.24, 2.45) is 0 Å². The molecule has 0 bridgehead atoms. The first-order valence-electron chi connectivity index (χ1n) is 9.54. The van der Waals surface area contributed by atoms with Crippen LogP contribution in [0.5, 0.6) is 0 Å². The SMILES string of the molecule is CCCCc1nc2c(N)ncc(C)c2n1CCCCS(=O)(=O)c1ncccn1. The largest absolute Gasteiger partial charge is 0.382 e. The van der Waals surface area contributed by atoms with Crippen molar-refractivity contribution >= 4 is 26.7 Å². The van der Waals surface area contributed by atoms with Crippen LogP contribution < -0.4 is 5.73 Å². The lowest BCUT2D eigenvalue weighted by Crippen LogP contribution is -2.12. The number of rotatable bonds is 9. The van der Waals surface area contributed by atoms with Crippen LogP contribution in [0.4, 0.5) is 5.82 Å². The molecule has 3 heterocycles. The van der Waals surface area contributed by atoms with Gasteiger partial charge in [-0.1, -0.05) is 13.3 Å². The highest BCUT2D eigenvalue weighted by Crippen LogP contribution is 2.25. The predicted molar refractivity (Wildman–Crippen MR) is 109 cm³/mol. The van der Waals surface area contributed by atoms with E-state index >= 15 is 0 Å². The molecule has 2 N–H and O–H groups in total. The molecule has 0 aliphatic carbocycles. The number of anilines is 1. The van der Waals surface area contributed by atoms with E-state index in [1.165, 1.54) is 12.4 Å². The molecule has 0 unspecified atom stereocenters.